The maximum absolute atomic E-state index is 13.4. The van der Waals surface area contributed by atoms with Gasteiger partial charge in [-0.2, -0.15) is 0 Å². The molecule has 0 radical (unpaired) electrons. The molecule has 1 heterocycles. The van der Waals surface area contributed by atoms with Crippen molar-refractivity contribution in [3.63, 3.8) is 0 Å². The predicted octanol–water partition coefficient (Wildman–Crippen LogP) is 3.38. The number of methoxy groups -OCH3 is 4. The molecule has 0 saturated carbocycles. The molecule has 1 amide bonds. The van der Waals surface area contributed by atoms with E-state index >= 15 is 0 Å². The first-order valence-corrected chi connectivity index (χ1v) is 8.86. The number of ether oxygens (including phenoxy) is 4. The van der Waals surface area contributed by atoms with Gasteiger partial charge in [0, 0.05) is 31.4 Å². The van der Waals surface area contributed by atoms with Crippen LogP contribution in [0.2, 0.25) is 0 Å². The lowest BCUT2D eigenvalue weighted by atomic mass is 9.98. The van der Waals surface area contributed by atoms with Gasteiger partial charge in [0.1, 0.15) is 17.2 Å². The molecule has 0 aromatic heterocycles. The molecule has 2 aromatic rings. The Kier molecular flexibility index (Phi) is 5.86. The molecule has 2 aromatic carbocycles. The van der Waals surface area contributed by atoms with E-state index in [4.69, 9.17) is 18.9 Å². The van der Waals surface area contributed by atoms with Gasteiger partial charge in [0.2, 0.25) is 0 Å². The minimum absolute atomic E-state index is 0.123. The number of fused-ring (bicyclic) bond motifs is 1. The van der Waals surface area contributed by atoms with Crippen LogP contribution in [0.5, 0.6) is 17.2 Å². The van der Waals surface area contributed by atoms with Gasteiger partial charge in [-0.1, -0.05) is 12.1 Å². The highest BCUT2D eigenvalue weighted by atomic mass is 16.5. The van der Waals surface area contributed by atoms with Crippen molar-refractivity contribution in [3.05, 3.63) is 47.5 Å². The average molecular weight is 371 g/mol. The fourth-order valence-corrected chi connectivity index (χ4v) is 3.49. The monoisotopic (exact) mass is 371 g/mol. The third-order valence-corrected chi connectivity index (χ3v) is 4.84. The van der Waals surface area contributed by atoms with Gasteiger partial charge in [0.25, 0.3) is 5.91 Å². The van der Waals surface area contributed by atoms with E-state index in [2.05, 4.69) is 0 Å². The largest absolute Gasteiger partial charge is 0.497 e. The Morgan fingerprint density at radius 1 is 1.00 bits per heavy atom. The van der Waals surface area contributed by atoms with Gasteiger partial charge < -0.3 is 23.8 Å². The topological polar surface area (TPSA) is 57.2 Å². The summed E-state index contributed by atoms with van der Waals surface area (Å²) < 4.78 is 21.8. The third kappa shape index (κ3) is 3.71. The maximum atomic E-state index is 13.4. The van der Waals surface area contributed by atoms with E-state index in [1.54, 1.807) is 33.3 Å². The minimum Gasteiger partial charge on any atom is -0.497 e. The molecule has 0 spiro atoms. The summed E-state index contributed by atoms with van der Waals surface area (Å²) in [7, 11) is 6.37. The summed E-state index contributed by atoms with van der Waals surface area (Å²) in [6, 6.07) is 11.1. The number of benzene rings is 2. The summed E-state index contributed by atoms with van der Waals surface area (Å²) in [6.07, 6.45) is 0.988. The summed E-state index contributed by atoms with van der Waals surface area (Å²) in [5.74, 6) is 1.95. The normalized spacial score (nSPS) is 14.3. The van der Waals surface area contributed by atoms with Gasteiger partial charge >= 0.3 is 0 Å². The SMILES string of the molecule is COc1cccc(C(OC)C(=O)N2CCCc3c(OC)cc(OC)cc32)c1. The van der Waals surface area contributed by atoms with Crippen LogP contribution in [0.3, 0.4) is 0 Å². The first-order valence-electron chi connectivity index (χ1n) is 8.86. The molecule has 1 aliphatic heterocycles. The Bertz CT molecular complexity index is 820. The van der Waals surface area contributed by atoms with Gasteiger partial charge in [-0.15, -0.1) is 0 Å². The van der Waals surface area contributed by atoms with Crippen molar-refractivity contribution >= 4 is 11.6 Å². The fourth-order valence-electron chi connectivity index (χ4n) is 3.49. The molecular formula is C21H25NO5. The summed E-state index contributed by atoms with van der Waals surface area (Å²) >= 11 is 0. The van der Waals surface area contributed by atoms with E-state index < -0.39 is 6.10 Å². The van der Waals surface area contributed by atoms with Crippen molar-refractivity contribution in [2.24, 2.45) is 0 Å². The molecule has 1 atom stereocenters. The lowest BCUT2D eigenvalue weighted by Gasteiger charge is -2.33. The number of anilines is 1. The Hall–Kier alpha value is -2.73. The number of carbonyl (C=O) groups excluding carboxylic acids is 1. The second kappa shape index (κ2) is 8.31. The van der Waals surface area contributed by atoms with Crippen LogP contribution in [0.15, 0.2) is 36.4 Å². The van der Waals surface area contributed by atoms with Crippen LogP contribution in [-0.2, 0) is 16.0 Å². The predicted molar refractivity (Wildman–Crippen MR) is 103 cm³/mol. The van der Waals surface area contributed by atoms with Gasteiger partial charge in [-0.25, -0.2) is 0 Å². The van der Waals surface area contributed by atoms with E-state index in [0.29, 0.717) is 18.0 Å². The maximum Gasteiger partial charge on any atom is 0.260 e. The van der Waals surface area contributed by atoms with Crippen LogP contribution in [-0.4, -0.2) is 40.9 Å². The Balaban J connectivity index is 2.00. The minimum atomic E-state index is -0.719. The smallest absolute Gasteiger partial charge is 0.260 e. The van der Waals surface area contributed by atoms with Crippen LogP contribution in [0, 0.1) is 0 Å². The molecule has 6 heteroatoms. The molecule has 144 valence electrons. The molecular weight excluding hydrogens is 346 g/mol. The zero-order chi connectivity index (χ0) is 19.4. The standard InChI is InChI=1S/C21H25NO5/c1-24-15-8-5-7-14(11-15)20(27-4)21(23)22-10-6-9-17-18(22)12-16(25-2)13-19(17)26-3/h5,7-8,11-13,20H,6,9-10H2,1-4H3. The van der Waals surface area contributed by atoms with Gasteiger partial charge in [-0.05, 0) is 30.5 Å². The number of hydrogen-bond acceptors (Lipinski definition) is 5. The number of amides is 1. The van der Waals surface area contributed by atoms with Crippen LogP contribution in [0.25, 0.3) is 0 Å². The molecule has 6 nitrogen and oxygen atoms in total. The zero-order valence-electron chi connectivity index (χ0n) is 16.2. The lowest BCUT2D eigenvalue weighted by molar-refractivity contribution is -0.128. The van der Waals surface area contributed by atoms with Crippen LogP contribution >= 0.6 is 0 Å². The molecule has 1 aliphatic rings. The zero-order valence-corrected chi connectivity index (χ0v) is 16.2. The molecule has 0 aliphatic carbocycles. The van der Waals surface area contributed by atoms with Crippen LogP contribution < -0.4 is 19.1 Å². The number of rotatable bonds is 6. The quantitative estimate of drug-likeness (QED) is 0.779. The molecule has 27 heavy (non-hydrogen) atoms. The molecule has 0 fully saturated rings. The van der Waals surface area contributed by atoms with Crippen LogP contribution in [0.1, 0.15) is 23.7 Å². The van der Waals surface area contributed by atoms with E-state index in [1.807, 2.05) is 36.4 Å². The van der Waals surface area contributed by atoms with Crippen molar-refractivity contribution in [2.75, 3.05) is 39.9 Å². The molecule has 0 bridgehead atoms. The molecule has 3 rings (SSSR count). The first-order chi connectivity index (χ1) is 13.1. The number of carbonyl (C=O) groups is 1. The van der Waals surface area contributed by atoms with Crippen molar-refractivity contribution in [2.45, 2.75) is 18.9 Å². The highest BCUT2D eigenvalue weighted by Gasteiger charge is 2.32. The molecule has 0 saturated heterocycles. The summed E-state index contributed by atoms with van der Waals surface area (Å²) in [4.78, 5) is 15.1. The lowest BCUT2D eigenvalue weighted by Crippen LogP contribution is -2.39. The first kappa shape index (κ1) is 19.0. The van der Waals surface area contributed by atoms with Gasteiger partial charge in [0.15, 0.2) is 6.10 Å². The summed E-state index contributed by atoms with van der Waals surface area (Å²) in [5.41, 5.74) is 2.58. The second-order valence-electron chi connectivity index (χ2n) is 6.31. The van der Waals surface area contributed by atoms with E-state index in [-0.39, 0.29) is 5.91 Å². The number of nitrogens with zero attached hydrogens (tertiary/aromatic N) is 1. The number of hydrogen-bond donors (Lipinski definition) is 0. The van der Waals surface area contributed by atoms with E-state index in [1.165, 1.54) is 0 Å². The van der Waals surface area contributed by atoms with Crippen molar-refractivity contribution in [1.29, 1.82) is 0 Å². The Labute approximate surface area is 159 Å². The fraction of sp³-hybridized carbons (Fsp3) is 0.381. The van der Waals surface area contributed by atoms with Crippen molar-refractivity contribution in [3.8, 4) is 17.2 Å². The van der Waals surface area contributed by atoms with E-state index in [0.717, 1.165) is 35.4 Å². The molecule has 0 N–H and O–H groups in total. The third-order valence-electron chi connectivity index (χ3n) is 4.84. The van der Waals surface area contributed by atoms with E-state index in [9.17, 15) is 4.79 Å². The highest BCUT2D eigenvalue weighted by Crippen LogP contribution is 2.39. The Morgan fingerprint density at radius 3 is 2.44 bits per heavy atom. The Morgan fingerprint density at radius 2 is 1.78 bits per heavy atom. The van der Waals surface area contributed by atoms with Gasteiger partial charge in [-0.3, -0.25) is 4.79 Å². The summed E-state index contributed by atoms with van der Waals surface area (Å²) in [6.45, 7) is 0.617. The van der Waals surface area contributed by atoms with Gasteiger partial charge in [0.05, 0.1) is 27.0 Å². The van der Waals surface area contributed by atoms with Crippen LogP contribution in [0.4, 0.5) is 5.69 Å². The molecule has 1 unspecified atom stereocenters. The van der Waals surface area contributed by atoms with Crippen molar-refractivity contribution < 1.29 is 23.7 Å². The van der Waals surface area contributed by atoms with Crippen molar-refractivity contribution in [1.82, 2.24) is 0 Å². The average Bonchev–Trinajstić information content (AvgIpc) is 2.72. The second-order valence-corrected chi connectivity index (χ2v) is 6.31. The summed E-state index contributed by atoms with van der Waals surface area (Å²) in [5, 5.41) is 0. The highest BCUT2D eigenvalue weighted by molar-refractivity contribution is 5.99.